The first-order valence-electron chi connectivity index (χ1n) is 6.76. The molecule has 2 aromatic rings. The van der Waals surface area contributed by atoms with Crippen molar-refractivity contribution in [1.29, 1.82) is 0 Å². The van der Waals surface area contributed by atoms with Gasteiger partial charge in [-0.2, -0.15) is 0 Å². The van der Waals surface area contributed by atoms with Gasteiger partial charge in [0.05, 0.1) is 30.0 Å². The third-order valence-corrected chi connectivity index (χ3v) is 3.75. The third kappa shape index (κ3) is 2.60. The van der Waals surface area contributed by atoms with E-state index in [1.165, 1.54) is 0 Å². The molecule has 0 spiro atoms. The highest BCUT2D eigenvalue weighted by atomic mass is 16.3. The Morgan fingerprint density at radius 3 is 2.55 bits per heavy atom. The van der Waals surface area contributed by atoms with Gasteiger partial charge < -0.3 is 21.3 Å². The number of nitrogens with two attached hydrogens (primary N) is 1. The SMILES string of the molecule is CCC(CO)(CO)Nc1c(CN)cnc2ccccc12. The number of aliphatic hydroxyl groups excluding tert-OH is 2. The summed E-state index contributed by atoms with van der Waals surface area (Å²) in [5.74, 6) is 0. The molecule has 0 radical (unpaired) electrons. The number of aromatic nitrogens is 1. The molecule has 0 fully saturated rings. The topological polar surface area (TPSA) is 91.4 Å². The maximum absolute atomic E-state index is 9.60. The quantitative estimate of drug-likeness (QED) is 0.636. The second-order valence-electron chi connectivity index (χ2n) is 4.95. The average molecular weight is 275 g/mol. The van der Waals surface area contributed by atoms with Gasteiger partial charge in [0.2, 0.25) is 0 Å². The maximum Gasteiger partial charge on any atom is 0.0832 e. The summed E-state index contributed by atoms with van der Waals surface area (Å²) in [6.07, 6.45) is 2.33. The van der Waals surface area contributed by atoms with Crippen LogP contribution in [-0.4, -0.2) is 33.9 Å². The van der Waals surface area contributed by atoms with Crippen molar-refractivity contribution in [2.24, 2.45) is 5.73 Å². The molecule has 0 aliphatic heterocycles. The van der Waals surface area contributed by atoms with Crippen molar-refractivity contribution in [3.8, 4) is 0 Å². The van der Waals surface area contributed by atoms with Crippen LogP contribution in [0, 0.1) is 0 Å². The van der Waals surface area contributed by atoms with Crippen molar-refractivity contribution in [2.75, 3.05) is 18.5 Å². The second-order valence-corrected chi connectivity index (χ2v) is 4.95. The number of nitrogens with zero attached hydrogens (tertiary/aromatic N) is 1. The summed E-state index contributed by atoms with van der Waals surface area (Å²) in [4.78, 5) is 4.38. The number of fused-ring (bicyclic) bond motifs is 1. The standard InChI is InChI=1S/C15H21N3O2/c1-2-15(9-19,10-20)18-14-11(7-16)8-17-13-6-4-3-5-12(13)14/h3-6,8,19-20H,2,7,9-10,16H2,1H3,(H,17,18). The van der Waals surface area contributed by atoms with Gasteiger partial charge in [-0.05, 0) is 12.5 Å². The smallest absolute Gasteiger partial charge is 0.0832 e. The second kappa shape index (κ2) is 6.17. The summed E-state index contributed by atoms with van der Waals surface area (Å²) in [6.45, 7) is 1.96. The van der Waals surface area contributed by atoms with Crippen molar-refractivity contribution in [2.45, 2.75) is 25.4 Å². The lowest BCUT2D eigenvalue weighted by Gasteiger charge is -2.32. The Kier molecular flexibility index (Phi) is 4.54. The zero-order valence-corrected chi connectivity index (χ0v) is 11.6. The van der Waals surface area contributed by atoms with Crippen LogP contribution in [0.25, 0.3) is 10.9 Å². The van der Waals surface area contributed by atoms with E-state index in [1.54, 1.807) is 6.20 Å². The van der Waals surface area contributed by atoms with Crippen LogP contribution in [-0.2, 0) is 6.54 Å². The summed E-state index contributed by atoms with van der Waals surface area (Å²) in [5, 5.41) is 23.4. The largest absolute Gasteiger partial charge is 0.394 e. The average Bonchev–Trinajstić information content (AvgIpc) is 2.52. The monoisotopic (exact) mass is 275 g/mol. The number of aliphatic hydroxyl groups is 2. The van der Waals surface area contributed by atoms with Crippen LogP contribution < -0.4 is 11.1 Å². The first-order valence-corrected chi connectivity index (χ1v) is 6.76. The fourth-order valence-electron chi connectivity index (χ4n) is 2.19. The molecule has 20 heavy (non-hydrogen) atoms. The molecule has 0 saturated carbocycles. The summed E-state index contributed by atoms with van der Waals surface area (Å²) in [7, 11) is 0. The van der Waals surface area contributed by atoms with Gasteiger partial charge in [0.1, 0.15) is 0 Å². The van der Waals surface area contributed by atoms with Crippen molar-refractivity contribution < 1.29 is 10.2 Å². The van der Waals surface area contributed by atoms with Gasteiger partial charge in [-0.1, -0.05) is 25.1 Å². The number of para-hydroxylation sites is 1. The fourth-order valence-corrected chi connectivity index (χ4v) is 2.19. The van der Waals surface area contributed by atoms with Gasteiger partial charge in [-0.25, -0.2) is 0 Å². The lowest BCUT2D eigenvalue weighted by molar-refractivity contribution is 0.132. The van der Waals surface area contributed by atoms with Crippen LogP contribution in [0.15, 0.2) is 30.5 Å². The molecule has 0 amide bonds. The van der Waals surface area contributed by atoms with E-state index in [4.69, 9.17) is 5.73 Å². The molecule has 5 nitrogen and oxygen atoms in total. The minimum Gasteiger partial charge on any atom is -0.394 e. The van der Waals surface area contributed by atoms with Crippen LogP contribution >= 0.6 is 0 Å². The van der Waals surface area contributed by atoms with Crippen molar-refractivity contribution >= 4 is 16.6 Å². The Morgan fingerprint density at radius 1 is 1.25 bits per heavy atom. The van der Waals surface area contributed by atoms with Crippen LogP contribution in [0.2, 0.25) is 0 Å². The van der Waals surface area contributed by atoms with Crippen molar-refractivity contribution in [1.82, 2.24) is 4.98 Å². The van der Waals surface area contributed by atoms with E-state index in [1.807, 2.05) is 31.2 Å². The van der Waals surface area contributed by atoms with E-state index >= 15 is 0 Å². The first-order chi connectivity index (χ1) is 9.69. The van der Waals surface area contributed by atoms with Crippen molar-refractivity contribution in [3.63, 3.8) is 0 Å². The van der Waals surface area contributed by atoms with E-state index in [9.17, 15) is 10.2 Å². The number of pyridine rings is 1. The summed E-state index contributed by atoms with van der Waals surface area (Å²) in [6, 6.07) is 7.73. The zero-order chi connectivity index (χ0) is 14.6. The number of hydrogen-bond acceptors (Lipinski definition) is 5. The van der Waals surface area contributed by atoms with Gasteiger partial charge in [-0.15, -0.1) is 0 Å². The lowest BCUT2D eigenvalue weighted by atomic mass is 9.96. The number of hydrogen-bond donors (Lipinski definition) is 4. The van der Waals surface area contributed by atoms with Crippen LogP contribution in [0.3, 0.4) is 0 Å². The molecular weight excluding hydrogens is 254 g/mol. The zero-order valence-electron chi connectivity index (χ0n) is 11.6. The Morgan fingerprint density at radius 2 is 1.95 bits per heavy atom. The molecule has 2 rings (SSSR count). The number of anilines is 1. The number of rotatable bonds is 6. The molecule has 0 bridgehead atoms. The third-order valence-electron chi connectivity index (χ3n) is 3.75. The van der Waals surface area contributed by atoms with Gasteiger partial charge in [-0.3, -0.25) is 4.98 Å². The molecule has 0 aliphatic carbocycles. The Hall–Kier alpha value is -1.69. The maximum atomic E-state index is 9.60. The number of nitrogens with one attached hydrogen (secondary N) is 1. The molecular formula is C15H21N3O2. The number of benzene rings is 1. The predicted octanol–water partition coefficient (Wildman–Crippen LogP) is 1.24. The molecule has 1 aromatic heterocycles. The molecule has 0 atom stereocenters. The molecule has 1 heterocycles. The van der Waals surface area contributed by atoms with Crippen molar-refractivity contribution in [3.05, 3.63) is 36.0 Å². The van der Waals surface area contributed by atoms with Gasteiger partial charge in [0.15, 0.2) is 0 Å². The van der Waals surface area contributed by atoms with Gasteiger partial charge in [0.25, 0.3) is 0 Å². The minimum absolute atomic E-state index is 0.152. The normalized spacial score (nSPS) is 11.8. The highest BCUT2D eigenvalue weighted by Gasteiger charge is 2.27. The van der Waals surface area contributed by atoms with E-state index in [0.29, 0.717) is 13.0 Å². The molecule has 0 unspecified atom stereocenters. The molecule has 108 valence electrons. The Bertz CT molecular complexity index is 574. The highest BCUT2D eigenvalue weighted by molar-refractivity contribution is 5.93. The molecule has 0 aliphatic rings. The Labute approximate surface area is 118 Å². The highest BCUT2D eigenvalue weighted by Crippen LogP contribution is 2.29. The molecule has 5 heteroatoms. The van der Waals surface area contributed by atoms with Crippen LogP contribution in [0.1, 0.15) is 18.9 Å². The van der Waals surface area contributed by atoms with Gasteiger partial charge >= 0.3 is 0 Å². The molecule has 1 aromatic carbocycles. The minimum atomic E-state index is -0.756. The van der Waals surface area contributed by atoms with E-state index in [0.717, 1.165) is 22.2 Å². The summed E-state index contributed by atoms with van der Waals surface area (Å²) in [5.41, 5.74) is 7.58. The van der Waals surface area contributed by atoms with E-state index < -0.39 is 5.54 Å². The van der Waals surface area contributed by atoms with E-state index in [-0.39, 0.29) is 13.2 Å². The molecule has 5 N–H and O–H groups in total. The van der Waals surface area contributed by atoms with Crippen LogP contribution in [0.4, 0.5) is 5.69 Å². The fraction of sp³-hybridized carbons (Fsp3) is 0.400. The first kappa shape index (κ1) is 14.7. The Balaban J connectivity index is 2.56. The van der Waals surface area contributed by atoms with Crippen LogP contribution in [0.5, 0.6) is 0 Å². The molecule has 0 saturated heterocycles. The predicted molar refractivity (Wildman–Crippen MR) is 80.5 cm³/mol. The lowest BCUT2D eigenvalue weighted by Crippen LogP contribution is -2.45. The summed E-state index contributed by atoms with van der Waals surface area (Å²) < 4.78 is 0. The summed E-state index contributed by atoms with van der Waals surface area (Å²) >= 11 is 0. The van der Waals surface area contributed by atoms with Gasteiger partial charge in [0, 0.05) is 23.7 Å². The van der Waals surface area contributed by atoms with E-state index in [2.05, 4.69) is 10.3 Å².